The number of amides is 1. The van der Waals surface area contributed by atoms with Crippen molar-refractivity contribution in [3.05, 3.63) is 0 Å². The smallest absolute Gasteiger partial charge is 0.223 e. The first kappa shape index (κ1) is 12.8. The van der Waals surface area contributed by atoms with Gasteiger partial charge in [-0.25, -0.2) is 0 Å². The number of carbonyl (C=O) groups excluding carboxylic acids is 1. The summed E-state index contributed by atoms with van der Waals surface area (Å²) in [6.07, 6.45) is 6.06. The van der Waals surface area contributed by atoms with E-state index in [2.05, 4.69) is 0 Å². The maximum atomic E-state index is 12.2. The zero-order valence-corrected chi connectivity index (χ0v) is 11.3. The summed E-state index contributed by atoms with van der Waals surface area (Å²) >= 11 is 4.88. The molecular formula is C13H22N2OS. The summed E-state index contributed by atoms with van der Waals surface area (Å²) in [4.78, 5) is 14.3. The molecule has 3 atom stereocenters. The number of rotatable bonds is 5. The molecule has 0 saturated heterocycles. The van der Waals surface area contributed by atoms with E-state index >= 15 is 0 Å². The van der Waals surface area contributed by atoms with Crippen molar-refractivity contribution in [3.8, 4) is 0 Å². The van der Waals surface area contributed by atoms with Crippen LogP contribution in [0.1, 0.15) is 39.0 Å². The highest BCUT2D eigenvalue weighted by Crippen LogP contribution is 2.49. The van der Waals surface area contributed by atoms with Crippen LogP contribution in [-0.4, -0.2) is 28.9 Å². The normalized spacial score (nSPS) is 30.5. The second-order valence-electron chi connectivity index (χ2n) is 5.51. The maximum Gasteiger partial charge on any atom is 0.223 e. The summed E-state index contributed by atoms with van der Waals surface area (Å²) in [5.74, 6) is 2.58. The van der Waals surface area contributed by atoms with Gasteiger partial charge in [-0.3, -0.25) is 4.79 Å². The lowest BCUT2D eigenvalue weighted by Gasteiger charge is -2.25. The zero-order chi connectivity index (χ0) is 12.4. The van der Waals surface area contributed by atoms with E-state index in [1.165, 1.54) is 25.7 Å². The Bertz CT molecular complexity index is 319. The average molecular weight is 254 g/mol. The molecule has 2 aliphatic carbocycles. The molecule has 0 aromatic carbocycles. The van der Waals surface area contributed by atoms with Gasteiger partial charge in [-0.05, 0) is 43.9 Å². The number of fused-ring (bicyclic) bond motifs is 2. The Hall–Kier alpha value is -0.640. The molecule has 3 nitrogen and oxygen atoms in total. The van der Waals surface area contributed by atoms with Crippen molar-refractivity contribution >= 4 is 23.1 Å². The van der Waals surface area contributed by atoms with Gasteiger partial charge in [-0.15, -0.1) is 0 Å². The molecule has 4 heteroatoms. The molecule has 1 amide bonds. The largest absolute Gasteiger partial charge is 0.392 e. The van der Waals surface area contributed by atoms with Crippen molar-refractivity contribution in [1.29, 1.82) is 0 Å². The van der Waals surface area contributed by atoms with Gasteiger partial charge in [0, 0.05) is 13.0 Å². The Morgan fingerprint density at radius 1 is 1.41 bits per heavy atom. The lowest BCUT2D eigenvalue weighted by atomic mass is 9.86. The van der Waals surface area contributed by atoms with Crippen LogP contribution in [0.4, 0.5) is 0 Å². The van der Waals surface area contributed by atoms with Crippen LogP contribution in [0.3, 0.4) is 0 Å². The molecule has 2 rings (SSSR count). The maximum absolute atomic E-state index is 12.2. The number of thiocarbonyl (C=S) groups is 1. The minimum Gasteiger partial charge on any atom is -0.392 e. The van der Waals surface area contributed by atoms with E-state index in [0.717, 1.165) is 11.8 Å². The predicted molar refractivity (Wildman–Crippen MR) is 72.6 cm³/mol. The molecule has 96 valence electrons. The molecule has 0 radical (unpaired) electrons. The van der Waals surface area contributed by atoms with Crippen LogP contribution in [0.25, 0.3) is 0 Å². The van der Waals surface area contributed by atoms with Gasteiger partial charge >= 0.3 is 0 Å². The topological polar surface area (TPSA) is 46.3 Å². The molecule has 0 spiro atoms. The molecule has 2 N–H and O–H groups in total. The standard InChI is InChI=1S/C13H22N2OS/c1-2-15(8-12(14)17)13(16)7-11-6-9-3-4-10(11)5-9/h9-11H,2-8H2,1H3,(H2,14,17). The van der Waals surface area contributed by atoms with E-state index in [4.69, 9.17) is 18.0 Å². The summed E-state index contributed by atoms with van der Waals surface area (Å²) in [5, 5.41) is 0. The minimum absolute atomic E-state index is 0.234. The summed E-state index contributed by atoms with van der Waals surface area (Å²) < 4.78 is 0. The van der Waals surface area contributed by atoms with Gasteiger partial charge < -0.3 is 10.6 Å². The Morgan fingerprint density at radius 3 is 2.65 bits per heavy atom. The number of hydrogen-bond acceptors (Lipinski definition) is 2. The Morgan fingerprint density at radius 2 is 2.18 bits per heavy atom. The van der Waals surface area contributed by atoms with Crippen molar-refractivity contribution in [3.63, 3.8) is 0 Å². The molecular weight excluding hydrogens is 232 g/mol. The lowest BCUT2D eigenvalue weighted by Crippen LogP contribution is -2.38. The van der Waals surface area contributed by atoms with Crippen LogP contribution in [0, 0.1) is 17.8 Å². The van der Waals surface area contributed by atoms with Crippen molar-refractivity contribution in [2.75, 3.05) is 13.1 Å². The van der Waals surface area contributed by atoms with Gasteiger partial charge in [0.15, 0.2) is 0 Å². The van der Waals surface area contributed by atoms with Crippen LogP contribution < -0.4 is 5.73 Å². The first-order valence-electron chi connectivity index (χ1n) is 6.66. The highest BCUT2D eigenvalue weighted by molar-refractivity contribution is 7.80. The Labute approximate surface area is 109 Å². The van der Waals surface area contributed by atoms with E-state index in [-0.39, 0.29) is 5.91 Å². The van der Waals surface area contributed by atoms with E-state index in [1.54, 1.807) is 4.90 Å². The number of nitrogens with two attached hydrogens (primary N) is 1. The average Bonchev–Trinajstić information content (AvgIpc) is 2.87. The summed E-state index contributed by atoms with van der Waals surface area (Å²) in [7, 11) is 0. The van der Waals surface area contributed by atoms with Gasteiger partial charge in [0.05, 0.1) is 11.5 Å². The SMILES string of the molecule is CCN(CC(N)=S)C(=O)CC1CC2CCC1C2. The van der Waals surface area contributed by atoms with Crippen molar-refractivity contribution in [2.45, 2.75) is 39.0 Å². The summed E-state index contributed by atoms with van der Waals surface area (Å²) in [5.41, 5.74) is 5.51. The highest BCUT2D eigenvalue weighted by Gasteiger charge is 2.40. The number of hydrogen-bond donors (Lipinski definition) is 1. The van der Waals surface area contributed by atoms with Gasteiger partial charge in [0.2, 0.25) is 5.91 Å². The van der Waals surface area contributed by atoms with Crippen LogP contribution in [0.2, 0.25) is 0 Å². The third-order valence-electron chi connectivity index (χ3n) is 4.40. The zero-order valence-electron chi connectivity index (χ0n) is 10.5. The Kier molecular flexibility index (Phi) is 4.02. The van der Waals surface area contributed by atoms with Crippen LogP contribution in [0.5, 0.6) is 0 Å². The van der Waals surface area contributed by atoms with Gasteiger partial charge in [-0.1, -0.05) is 18.6 Å². The molecule has 0 heterocycles. The molecule has 0 aromatic heterocycles. The quantitative estimate of drug-likeness (QED) is 0.763. The second-order valence-corrected chi connectivity index (χ2v) is 6.04. The minimum atomic E-state index is 0.234. The molecule has 3 unspecified atom stereocenters. The van der Waals surface area contributed by atoms with Crippen molar-refractivity contribution in [1.82, 2.24) is 4.90 Å². The van der Waals surface area contributed by atoms with E-state index in [9.17, 15) is 4.79 Å². The second kappa shape index (κ2) is 5.34. The summed E-state index contributed by atoms with van der Waals surface area (Å²) in [6, 6.07) is 0. The molecule has 2 aliphatic rings. The van der Waals surface area contributed by atoms with E-state index in [1.807, 2.05) is 6.92 Å². The fourth-order valence-electron chi connectivity index (χ4n) is 3.54. The fraction of sp³-hybridized carbons (Fsp3) is 0.846. The number of nitrogens with zero attached hydrogens (tertiary/aromatic N) is 1. The van der Waals surface area contributed by atoms with Crippen molar-refractivity contribution < 1.29 is 4.79 Å². The number of carbonyl (C=O) groups is 1. The molecule has 17 heavy (non-hydrogen) atoms. The molecule has 2 saturated carbocycles. The van der Waals surface area contributed by atoms with Gasteiger partial charge in [0.1, 0.15) is 0 Å². The van der Waals surface area contributed by atoms with Crippen molar-refractivity contribution in [2.24, 2.45) is 23.5 Å². The van der Waals surface area contributed by atoms with Gasteiger partial charge in [0.25, 0.3) is 0 Å². The van der Waals surface area contributed by atoms with Gasteiger partial charge in [-0.2, -0.15) is 0 Å². The van der Waals surface area contributed by atoms with Crippen LogP contribution in [0.15, 0.2) is 0 Å². The first-order chi connectivity index (χ1) is 8.10. The molecule has 2 fully saturated rings. The molecule has 0 aromatic rings. The third kappa shape index (κ3) is 2.97. The third-order valence-corrected chi connectivity index (χ3v) is 4.53. The predicted octanol–water partition coefficient (Wildman–Crippen LogP) is 1.95. The van der Waals surface area contributed by atoms with Crippen LogP contribution in [-0.2, 0) is 4.79 Å². The Balaban J connectivity index is 1.85. The van der Waals surface area contributed by atoms with E-state index in [0.29, 0.717) is 30.4 Å². The monoisotopic (exact) mass is 254 g/mol. The number of likely N-dealkylation sites (N-methyl/N-ethyl adjacent to an activating group) is 1. The van der Waals surface area contributed by atoms with E-state index < -0.39 is 0 Å². The lowest BCUT2D eigenvalue weighted by molar-refractivity contribution is -0.131. The summed E-state index contributed by atoms with van der Waals surface area (Å²) in [6.45, 7) is 3.12. The molecule has 2 bridgehead atoms. The highest BCUT2D eigenvalue weighted by atomic mass is 32.1. The molecule has 0 aliphatic heterocycles. The fourth-order valence-corrected chi connectivity index (χ4v) is 3.70. The van der Waals surface area contributed by atoms with Crippen LogP contribution >= 0.6 is 12.2 Å². The first-order valence-corrected chi connectivity index (χ1v) is 7.07.